The molecule has 4 aromatic rings. The van der Waals surface area contributed by atoms with Crippen LogP contribution in [0.2, 0.25) is 0 Å². The van der Waals surface area contributed by atoms with Gasteiger partial charge in [-0.3, -0.25) is 4.79 Å². The van der Waals surface area contributed by atoms with Gasteiger partial charge in [-0.25, -0.2) is 9.50 Å². The first kappa shape index (κ1) is 22.1. The van der Waals surface area contributed by atoms with E-state index >= 15 is 0 Å². The lowest BCUT2D eigenvalue weighted by molar-refractivity contribution is -0.136. The van der Waals surface area contributed by atoms with Crippen molar-refractivity contribution in [1.29, 1.82) is 0 Å². The Morgan fingerprint density at radius 3 is 2.46 bits per heavy atom. The van der Waals surface area contributed by atoms with Crippen LogP contribution in [0.3, 0.4) is 0 Å². The standard InChI is InChI=1S/C27H30N6OS/c1-20-9-11-21(12-10-20)24-19-33-26(28-24)35-27(29-33)32-13-5-6-22(18-32)25(34)31-16-14-30(15-17-31)23-7-3-2-4-8-23/h2-4,7-12,19,22H,5-6,13-18H2,1H3. The van der Waals surface area contributed by atoms with Gasteiger partial charge in [-0.1, -0.05) is 59.4 Å². The van der Waals surface area contributed by atoms with Crippen LogP contribution in [-0.2, 0) is 4.79 Å². The fourth-order valence-electron chi connectivity index (χ4n) is 5.12. The second-order valence-electron chi connectivity index (χ2n) is 9.54. The Kier molecular flexibility index (Phi) is 5.90. The first-order valence-electron chi connectivity index (χ1n) is 12.4. The largest absolute Gasteiger partial charge is 0.368 e. The van der Waals surface area contributed by atoms with Crippen LogP contribution in [0.25, 0.3) is 16.2 Å². The van der Waals surface area contributed by atoms with Gasteiger partial charge in [0.25, 0.3) is 0 Å². The van der Waals surface area contributed by atoms with Crippen molar-refractivity contribution >= 4 is 33.0 Å². The second-order valence-corrected chi connectivity index (χ2v) is 10.5. The molecule has 1 unspecified atom stereocenters. The van der Waals surface area contributed by atoms with Crippen molar-refractivity contribution in [2.75, 3.05) is 49.1 Å². The van der Waals surface area contributed by atoms with Crippen LogP contribution in [0.5, 0.6) is 0 Å². The highest BCUT2D eigenvalue weighted by Gasteiger charge is 2.32. The smallest absolute Gasteiger partial charge is 0.227 e. The molecule has 2 saturated heterocycles. The molecule has 0 radical (unpaired) electrons. The number of carbonyl (C=O) groups excluding carboxylic acids is 1. The summed E-state index contributed by atoms with van der Waals surface area (Å²) in [7, 11) is 0. The van der Waals surface area contributed by atoms with Crippen LogP contribution in [0.15, 0.2) is 60.8 Å². The van der Waals surface area contributed by atoms with Crippen molar-refractivity contribution in [1.82, 2.24) is 19.5 Å². The molecule has 2 aromatic carbocycles. The molecule has 180 valence electrons. The lowest BCUT2D eigenvalue weighted by Gasteiger charge is -2.39. The number of fused-ring (bicyclic) bond motifs is 1. The van der Waals surface area contributed by atoms with Crippen LogP contribution in [0.4, 0.5) is 10.8 Å². The Labute approximate surface area is 209 Å². The van der Waals surface area contributed by atoms with E-state index in [0.29, 0.717) is 5.91 Å². The average molecular weight is 487 g/mol. The minimum atomic E-state index is 0.0337. The highest BCUT2D eigenvalue weighted by Crippen LogP contribution is 2.30. The molecule has 0 bridgehead atoms. The number of amides is 1. The molecule has 2 aliphatic heterocycles. The van der Waals surface area contributed by atoms with Crippen LogP contribution in [0.1, 0.15) is 18.4 Å². The van der Waals surface area contributed by atoms with Crippen LogP contribution in [-0.4, -0.2) is 64.7 Å². The minimum absolute atomic E-state index is 0.0337. The van der Waals surface area contributed by atoms with Gasteiger partial charge in [0, 0.05) is 50.5 Å². The summed E-state index contributed by atoms with van der Waals surface area (Å²) in [6, 6.07) is 18.9. The number of carbonyl (C=O) groups is 1. The molecule has 2 fully saturated rings. The maximum absolute atomic E-state index is 13.4. The summed E-state index contributed by atoms with van der Waals surface area (Å²) in [5.41, 5.74) is 4.52. The molecule has 1 amide bonds. The van der Waals surface area contributed by atoms with E-state index in [1.807, 2.05) is 16.8 Å². The van der Waals surface area contributed by atoms with E-state index in [4.69, 9.17) is 10.1 Å². The number of aryl methyl sites for hydroxylation is 1. The number of para-hydroxylation sites is 1. The van der Waals surface area contributed by atoms with Crippen molar-refractivity contribution in [3.8, 4) is 11.3 Å². The molecule has 6 rings (SSSR count). The number of piperazine rings is 1. The predicted octanol–water partition coefficient (Wildman–Crippen LogP) is 4.33. The van der Waals surface area contributed by atoms with Crippen LogP contribution < -0.4 is 9.80 Å². The lowest BCUT2D eigenvalue weighted by atomic mass is 9.96. The van der Waals surface area contributed by atoms with Crippen molar-refractivity contribution in [3.05, 3.63) is 66.4 Å². The lowest BCUT2D eigenvalue weighted by Crippen LogP contribution is -2.52. The third-order valence-electron chi connectivity index (χ3n) is 7.13. The van der Waals surface area contributed by atoms with Gasteiger partial charge in [-0.05, 0) is 31.9 Å². The topological polar surface area (TPSA) is 57.0 Å². The van der Waals surface area contributed by atoms with E-state index < -0.39 is 0 Å². The fraction of sp³-hybridized carbons (Fsp3) is 0.370. The monoisotopic (exact) mass is 486 g/mol. The zero-order valence-corrected chi connectivity index (χ0v) is 20.8. The molecule has 2 aromatic heterocycles. The summed E-state index contributed by atoms with van der Waals surface area (Å²) in [4.78, 5) is 25.8. The highest BCUT2D eigenvalue weighted by atomic mass is 32.1. The zero-order chi connectivity index (χ0) is 23.8. The average Bonchev–Trinajstić information content (AvgIpc) is 3.49. The van der Waals surface area contributed by atoms with Crippen molar-refractivity contribution in [2.45, 2.75) is 19.8 Å². The van der Waals surface area contributed by atoms with Gasteiger partial charge in [-0.15, -0.1) is 5.10 Å². The summed E-state index contributed by atoms with van der Waals surface area (Å²) in [5.74, 6) is 0.330. The number of imidazole rings is 1. The molecule has 0 spiro atoms. The van der Waals surface area contributed by atoms with E-state index in [2.05, 4.69) is 70.2 Å². The van der Waals surface area contributed by atoms with E-state index in [1.54, 1.807) is 11.3 Å². The molecule has 0 aliphatic carbocycles. The van der Waals surface area contributed by atoms with Gasteiger partial charge >= 0.3 is 0 Å². The number of benzene rings is 2. The molecule has 1 atom stereocenters. The Hall–Kier alpha value is -3.39. The van der Waals surface area contributed by atoms with Gasteiger partial charge in [0.15, 0.2) is 0 Å². The third-order valence-corrected chi connectivity index (χ3v) is 8.12. The maximum atomic E-state index is 13.4. The number of piperidine rings is 1. The SMILES string of the molecule is Cc1ccc(-c2cn3nc(N4CCCC(C(=O)N5CCN(c6ccccc6)CC5)C4)sc3n2)cc1. The quantitative estimate of drug-likeness (QED) is 0.430. The first-order chi connectivity index (χ1) is 17.1. The van der Waals surface area contributed by atoms with Crippen LogP contribution >= 0.6 is 11.3 Å². The number of hydrogen-bond donors (Lipinski definition) is 0. The molecular formula is C27H30N6OS. The Morgan fingerprint density at radius 1 is 0.943 bits per heavy atom. The van der Waals surface area contributed by atoms with Crippen molar-refractivity contribution < 1.29 is 4.79 Å². The fourth-order valence-corrected chi connectivity index (χ4v) is 6.03. The normalized spacial score (nSPS) is 18.9. The van der Waals surface area contributed by atoms with Crippen molar-refractivity contribution in [3.63, 3.8) is 0 Å². The summed E-state index contributed by atoms with van der Waals surface area (Å²) in [6.45, 7) is 7.11. The number of rotatable bonds is 4. The van der Waals surface area contributed by atoms with E-state index in [9.17, 15) is 4.79 Å². The number of hydrogen-bond acceptors (Lipinski definition) is 6. The summed E-state index contributed by atoms with van der Waals surface area (Å²) in [6.07, 6.45) is 3.96. The van der Waals surface area contributed by atoms with Crippen molar-refractivity contribution in [2.24, 2.45) is 5.92 Å². The molecule has 0 saturated carbocycles. The summed E-state index contributed by atoms with van der Waals surface area (Å²) in [5, 5.41) is 5.77. The Bertz CT molecular complexity index is 1280. The molecule has 4 heterocycles. The minimum Gasteiger partial charge on any atom is -0.368 e. The molecule has 2 aliphatic rings. The molecule has 35 heavy (non-hydrogen) atoms. The van der Waals surface area contributed by atoms with E-state index in [0.717, 1.165) is 73.5 Å². The summed E-state index contributed by atoms with van der Waals surface area (Å²) < 4.78 is 1.88. The molecule has 7 nitrogen and oxygen atoms in total. The molecule has 8 heteroatoms. The second kappa shape index (κ2) is 9.34. The Balaban J connectivity index is 1.10. The van der Waals surface area contributed by atoms with Gasteiger partial charge < -0.3 is 14.7 Å². The first-order valence-corrected chi connectivity index (χ1v) is 13.2. The number of aromatic nitrogens is 3. The molecule has 0 N–H and O–H groups in total. The van der Waals surface area contributed by atoms with Gasteiger partial charge in [0.1, 0.15) is 0 Å². The van der Waals surface area contributed by atoms with E-state index in [1.165, 1.54) is 11.3 Å². The maximum Gasteiger partial charge on any atom is 0.227 e. The van der Waals surface area contributed by atoms with E-state index in [-0.39, 0.29) is 5.92 Å². The zero-order valence-electron chi connectivity index (χ0n) is 20.0. The third kappa shape index (κ3) is 4.50. The van der Waals surface area contributed by atoms with Gasteiger partial charge in [0.2, 0.25) is 16.0 Å². The number of anilines is 2. The predicted molar refractivity (Wildman–Crippen MR) is 141 cm³/mol. The highest BCUT2D eigenvalue weighted by molar-refractivity contribution is 7.20. The van der Waals surface area contributed by atoms with Crippen LogP contribution in [0, 0.1) is 12.8 Å². The number of nitrogens with zero attached hydrogens (tertiary/aromatic N) is 6. The molecular weight excluding hydrogens is 456 g/mol. The van der Waals surface area contributed by atoms with Gasteiger partial charge in [0.05, 0.1) is 17.8 Å². The van der Waals surface area contributed by atoms with Gasteiger partial charge in [-0.2, -0.15) is 0 Å². The Morgan fingerprint density at radius 2 is 1.71 bits per heavy atom. The summed E-state index contributed by atoms with van der Waals surface area (Å²) >= 11 is 1.60.